The number of fused-ring (bicyclic) bond motifs is 1. The van der Waals surface area contributed by atoms with Gasteiger partial charge in [-0.15, -0.1) is 4.99 Å². The van der Waals surface area contributed by atoms with E-state index in [1.54, 1.807) is 4.90 Å². The summed E-state index contributed by atoms with van der Waals surface area (Å²) in [6, 6.07) is 4.41. The van der Waals surface area contributed by atoms with Crippen LogP contribution in [0.15, 0.2) is 41.2 Å². The van der Waals surface area contributed by atoms with Gasteiger partial charge < -0.3 is 14.5 Å². The number of hydrogen-bond acceptors (Lipinski definition) is 4. The maximum atomic E-state index is 13.2. The molecular formula is C19H19F3N4O3. The van der Waals surface area contributed by atoms with Crippen molar-refractivity contribution in [1.29, 1.82) is 0 Å². The van der Waals surface area contributed by atoms with Gasteiger partial charge in [0.05, 0.1) is 11.8 Å². The zero-order valence-electron chi connectivity index (χ0n) is 15.5. The molecule has 0 aromatic heterocycles. The van der Waals surface area contributed by atoms with Crippen LogP contribution < -0.4 is 0 Å². The Morgan fingerprint density at radius 3 is 2.55 bits per heavy atom. The quantitative estimate of drug-likeness (QED) is 0.772. The van der Waals surface area contributed by atoms with Gasteiger partial charge in [0.15, 0.2) is 0 Å². The van der Waals surface area contributed by atoms with E-state index < -0.39 is 17.8 Å². The summed E-state index contributed by atoms with van der Waals surface area (Å²) in [7, 11) is 0. The number of amidine groups is 1. The number of carbonyl (C=O) groups is 2. The second-order valence-corrected chi connectivity index (χ2v) is 7.04. The fraction of sp³-hybridized carbons (Fsp3) is 0.421. The van der Waals surface area contributed by atoms with E-state index in [9.17, 15) is 22.8 Å². The molecule has 154 valence electrons. The fourth-order valence-electron chi connectivity index (χ4n) is 3.57. The van der Waals surface area contributed by atoms with Crippen molar-refractivity contribution in [1.82, 2.24) is 14.7 Å². The van der Waals surface area contributed by atoms with Crippen LogP contribution in [0.2, 0.25) is 0 Å². The lowest BCUT2D eigenvalue weighted by molar-refractivity contribution is -0.138. The van der Waals surface area contributed by atoms with Crippen LogP contribution in [0.5, 0.6) is 0 Å². The van der Waals surface area contributed by atoms with Crippen molar-refractivity contribution >= 4 is 18.0 Å². The molecular weight excluding hydrogens is 389 g/mol. The van der Waals surface area contributed by atoms with Gasteiger partial charge in [-0.25, -0.2) is 4.79 Å². The number of amides is 3. The number of likely N-dealkylation sites (tertiary alicyclic amines) is 1. The third kappa shape index (κ3) is 3.92. The van der Waals surface area contributed by atoms with Crippen molar-refractivity contribution in [2.24, 2.45) is 4.99 Å². The van der Waals surface area contributed by atoms with Gasteiger partial charge in [0.2, 0.25) is 5.76 Å². The van der Waals surface area contributed by atoms with Gasteiger partial charge in [0, 0.05) is 32.7 Å². The molecule has 0 atom stereocenters. The number of carbonyl (C=O) groups excluding carboxylic acids is 2. The number of aliphatic imine (C=N–C) groups is 1. The molecule has 0 N–H and O–H groups in total. The number of urea groups is 1. The summed E-state index contributed by atoms with van der Waals surface area (Å²) < 4.78 is 45.1. The summed E-state index contributed by atoms with van der Waals surface area (Å²) >= 11 is 0. The van der Waals surface area contributed by atoms with Gasteiger partial charge >= 0.3 is 18.2 Å². The molecule has 29 heavy (non-hydrogen) atoms. The number of hydrogen-bond donors (Lipinski definition) is 0. The molecule has 0 radical (unpaired) electrons. The van der Waals surface area contributed by atoms with Crippen molar-refractivity contribution in [3.05, 3.63) is 47.4 Å². The lowest BCUT2D eigenvalue weighted by Gasteiger charge is -2.21. The lowest BCUT2D eigenvalue weighted by Crippen LogP contribution is -2.32. The average Bonchev–Trinajstić information content (AvgIpc) is 3.32. The third-order valence-corrected chi connectivity index (χ3v) is 5.08. The molecule has 3 amide bonds. The Morgan fingerprint density at radius 1 is 1.10 bits per heavy atom. The zero-order chi connectivity index (χ0) is 20.6. The van der Waals surface area contributed by atoms with E-state index >= 15 is 0 Å². The van der Waals surface area contributed by atoms with Gasteiger partial charge in [-0.2, -0.15) is 13.2 Å². The Labute approximate surface area is 165 Å². The molecule has 7 nitrogen and oxygen atoms in total. The van der Waals surface area contributed by atoms with E-state index in [1.165, 1.54) is 34.2 Å². The van der Waals surface area contributed by atoms with Crippen LogP contribution in [0.4, 0.5) is 18.0 Å². The van der Waals surface area contributed by atoms with E-state index in [2.05, 4.69) is 4.99 Å². The van der Waals surface area contributed by atoms with Crippen LogP contribution in [0.1, 0.15) is 24.0 Å². The minimum Gasteiger partial charge on any atom is -0.418 e. The molecule has 4 rings (SSSR count). The Kier molecular flexibility index (Phi) is 4.93. The second kappa shape index (κ2) is 7.41. The van der Waals surface area contributed by atoms with Crippen LogP contribution >= 0.6 is 0 Å². The fourth-order valence-corrected chi connectivity index (χ4v) is 3.57. The molecule has 0 bridgehead atoms. The monoisotopic (exact) mass is 408 g/mol. The highest BCUT2D eigenvalue weighted by Gasteiger charge is 2.36. The summed E-state index contributed by atoms with van der Waals surface area (Å²) in [5, 5.41) is 0. The summed E-state index contributed by atoms with van der Waals surface area (Å²) in [4.78, 5) is 33.3. The Balaban J connectivity index is 1.47. The number of rotatable bonds is 3. The topological polar surface area (TPSA) is 65.5 Å². The molecule has 3 heterocycles. The molecule has 0 unspecified atom stereocenters. The van der Waals surface area contributed by atoms with Crippen LogP contribution in [-0.4, -0.2) is 58.8 Å². The average molecular weight is 408 g/mol. The SMILES string of the molecule is O=C1N=C2OC(C(=O)N3CCCC3)=CN2CCN1Cc1ccccc1C(F)(F)F. The van der Waals surface area contributed by atoms with Crippen LogP contribution in [-0.2, 0) is 22.3 Å². The highest BCUT2D eigenvalue weighted by molar-refractivity contribution is 6.00. The molecule has 3 aliphatic heterocycles. The first-order chi connectivity index (χ1) is 13.8. The van der Waals surface area contributed by atoms with Crippen LogP contribution in [0, 0.1) is 0 Å². The van der Waals surface area contributed by atoms with E-state index in [4.69, 9.17) is 4.74 Å². The van der Waals surface area contributed by atoms with Gasteiger partial charge in [0.1, 0.15) is 0 Å². The van der Waals surface area contributed by atoms with E-state index in [0.29, 0.717) is 13.1 Å². The molecule has 10 heteroatoms. The lowest BCUT2D eigenvalue weighted by atomic mass is 10.1. The van der Waals surface area contributed by atoms with E-state index in [-0.39, 0.29) is 42.9 Å². The van der Waals surface area contributed by atoms with Crippen molar-refractivity contribution in [2.45, 2.75) is 25.6 Å². The second-order valence-electron chi connectivity index (χ2n) is 7.04. The summed E-state index contributed by atoms with van der Waals surface area (Å²) in [5.41, 5.74) is -0.781. The smallest absolute Gasteiger partial charge is 0.416 e. The third-order valence-electron chi connectivity index (χ3n) is 5.08. The first kappa shape index (κ1) is 19.3. The summed E-state index contributed by atoms with van der Waals surface area (Å²) in [5.74, 6) is -0.143. The first-order valence-electron chi connectivity index (χ1n) is 9.31. The number of alkyl halides is 3. The molecule has 0 saturated carbocycles. The Bertz CT molecular complexity index is 891. The summed E-state index contributed by atoms with van der Waals surface area (Å²) in [6.45, 7) is 1.51. The first-order valence-corrected chi connectivity index (χ1v) is 9.31. The van der Waals surface area contributed by atoms with E-state index in [1.807, 2.05) is 0 Å². The molecule has 0 aliphatic carbocycles. The maximum Gasteiger partial charge on any atom is 0.416 e. The van der Waals surface area contributed by atoms with E-state index in [0.717, 1.165) is 18.9 Å². The van der Waals surface area contributed by atoms with Crippen molar-refractivity contribution in [3.8, 4) is 0 Å². The normalized spacial score (nSPS) is 19.6. The predicted octanol–water partition coefficient (Wildman–Crippen LogP) is 2.79. The zero-order valence-corrected chi connectivity index (χ0v) is 15.5. The molecule has 1 aromatic carbocycles. The molecule has 1 fully saturated rings. The Morgan fingerprint density at radius 2 is 1.83 bits per heavy atom. The number of benzene rings is 1. The molecule has 1 saturated heterocycles. The molecule has 0 spiro atoms. The van der Waals surface area contributed by atoms with Crippen molar-refractivity contribution in [2.75, 3.05) is 26.2 Å². The maximum absolute atomic E-state index is 13.2. The largest absolute Gasteiger partial charge is 0.418 e. The van der Waals surface area contributed by atoms with Crippen LogP contribution in [0.25, 0.3) is 0 Å². The minimum atomic E-state index is -4.51. The summed E-state index contributed by atoms with van der Waals surface area (Å²) in [6.07, 6.45) is -1.12. The van der Waals surface area contributed by atoms with Crippen molar-refractivity contribution in [3.63, 3.8) is 0 Å². The van der Waals surface area contributed by atoms with Crippen molar-refractivity contribution < 1.29 is 27.5 Å². The number of halogens is 3. The predicted molar refractivity (Wildman–Crippen MR) is 96.4 cm³/mol. The van der Waals surface area contributed by atoms with Crippen LogP contribution in [0.3, 0.4) is 0 Å². The number of nitrogens with zero attached hydrogens (tertiary/aromatic N) is 4. The highest BCUT2D eigenvalue weighted by Crippen LogP contribution is 2.32. The molecule has 3 aliphatic rings. The van der Waals surface area contributed by atoms with Gasteiger partial charge in [-0.1, -0.05) is 18.2 Å². The van der Waals surface area contributed by atoms with Gasteiger partial charge in [0.25, 0.3) is 5.91 Å². The van der Waals surface area contributed by atoms with Gasteiger partial charge in [-0.05, 0) is 24.5 Å². The minimum absolute atomic E-state index is 0.00281. The number of ether oxygens (including phenoxy) is 1. The molecule has 1 aromatic rings. The Hall–Kier alpha value is -3.04. The van der Waals surface area contributed by atoms with Gasteiger partial charge in [-0.3, -0.25) is 9.69 Å². The highest BCUT2D eigenvalue weighted by atomic mass is 19.4. The standard InChI is InChI=1S/C19H19F3N4O3/c20-19(21,22)14-6-2-1-5-13(14)11-25-9-10-26-12-15(29-18(26)23-17(25)28)16(27)24-7-3-4-8-24/h1-2,5-6,12H,3-4,7-11H2.